The summed E-state index contributed by atoms with van der Waals surface area (Å²) in [6, 6.07) is 18.4. The summed E-state index contributed by atoms with van der Waals surface area (Å²) in [4.78, 5) is 15.2. The lowest BCUT2D eigenvalue weighted by molar-refractivity contribution is -0.148. The third kappa shape index (κ3) is 1.50. The minimum atomic E-state index is -0.611. The molecule has 3 saturated heterocycles. The van der Waals surface area contributed by atoms with E-state index in [1.54, 1.807) is 0 Å². The molecule has 5 nitrogen and oxygen atoms in total. The van der Waals surface area contributed by atoms with Crippen LogP contribution in [0.1, 0.15) is 17.9 Å². The van der Waals surface area contributed by atoms with Crippen LogP contribution >= 0.6 is 0 Å². The first-order chi connectivity index (χ1) is 12.7. The first-order valence-electron chi connectivity index (χ1n) is 9.05. The number of rotatable bonds is 2. The van der Waals surface area contributed by atoms with Gasteiger partial charge in [-0.05, 0) is 18.2 Å². The van der Waals surface area contributed by atoms with E-state index in [1.807, 2.05) is 36.4 Å². The molecule has 3 fully saturated rings. The van der Waals surface area contributed by atoms with Gasteiger partial charge in [0.2, 0.25) is 0 Å². The molecule has 0 saturated carbocycles. The summed E-state index contributed by atoms with van der Waals surface area (Å²) in [5.41, 5.74) is 1.10. The average Bonchev–Trinajstić information content (AvgIpc) is 3.03. The van der Waals surface area contributed by atoms with E-state index in [9.17, 15) is 4.79 Å². The number of fused-ring (bicyclic) bond motifs is 2. The third-order valence-corrected chi connectivity index (χ3v) is 6.56. The molecule has 0 amide bonds. The first kappa shape index (κ1) is 14.6. The number of carbonyl (C=O) groups is 1. The van der Waals surface area contributed by atoms with Crippen LogP contribution in [0.5, 0.6) is 5.75 Å². The maximum absolute atomic E-state index is 12.9. The Morgan fingerprint density at radius 2 is 1.92 bits per heavy atom. The summed E-state index contributed by atoms with van der Waals surface area (Å²) in [6.07, 6.45) is 0.869. The summed E-state index contributed by atoms with van der Waals surface area (Å²) in [7, 11) is 1.47. The lowest BCUT2D eigenvalue weighted by Gasteiger charge is -2.39. The molecule has 2 spiro atoms. The highest BCUT2D eigenvalue weighted by Crippen LogP contribution is 2.74. The maximum atomic E-state index is 12.9. The Labute approximate surface area is 151 Å². The minimum Gasteiger partial charge on any atom is -0.490 e. The second-order valence-corrected chi connectivity index (χ2v) is 7.65. The molecular weight excluding hydrogens is 330 g/mol. The minimum absolute atomic E-state index is 0.0372. The molecule has 0 N–H and O–H groups in total. The molecule has 0 aromatic heterocycles. The number of benzene rings is 2. The normalized spacial score (nSPS) is 38.0. The predicted octanol–water partition coefficient (Wildman–Crippen LogP) is 2.71. The summed E-state index contributed by atoms with van der Waals surface area (Å²) in [5, 5.41) is 0. The number of hydrogen-bond acceptors (Lipinski definition) is 5. The second kappa shape index (κ2) is 4.60. The fourth-order valence-corrected chi connectivity index (χ4v) is 5.66. The Bertz CT molecular complexity index is 915. The summed E-state index contributed by atoms with van der Waals surface area (Å²) in [6.45, 7) is 0.489. The number of anilines is 1. The van der Waals surface area contributed by atoms with Crippen LogP contribution in [0, 0.1) is 5.92 Å². The molecule has 4 aliphatic rings. The van der Waals surface area contributed by atoms with Crippen LogP contribution in [-0.4, -0.2) is 37.1 Å². The number of nitrogens with zero attached hydrogens (tertiary/aromatic N) is 1. The van der Waals surface area contributed by atoms with Crippen molar-refractivity contribution in [2.24, 2.45) is 5.92 Å². The Hall–Kier alpha value is -2.53. The molecule has 0 radical (unpaired) electrons. The molecule has 0 aliphatic carbocycles. The maximum Gasteiger partial charge on any atom is 0.314 e. The van der Waals surface area contributed by atoms with Crippen molar-refractivity contribution in [3.8, 4) is 5.75 Å². The van der Waals surface area contributed by atoms with E-state index in [-0.39, 0.29) is 23.8 Å². The Morgan fingerprint density at radius 1 is 1.15 bits per heavy atom. The molecule has 4 aliphatic heterocycles. The number of methoxy groups -OCH3 is 1. The van der Waals surface area contributed by atoms with E-state index in [2.05, 4.69) is 23.1 Å². The molecule has 132 valence electrons. The van der Waals surface area contributed by atoms with Crippen molar-refractivity contribution in [3.63, 3.8) is 0 Å². The average molecular weight is 349 g/mol. The zero-order chi connectivity index (χ0) is 17.5. The number of hydrogen-bond donors (Lipinski definition) is 0. The van der Waals surface area contributed by atoms with E-state index in [1.165, 1.54) is 7.11 Å². The molecule has 5 atom stereocenters. The van der Waals surface area contributed by atoms with Crippen molar-refractivity contribution in [1.82, 2.24) is 0 Å². The van der Waals surface area contributed by atoms with Crippen LogP contribution in [-0.2, 0) is 14.3 Å². The van der Waals surface area contributed by atoms with E-state index in [4.69, 9.17) is 14.2 Å². The number of ether oxygens (including phenoxy) is 3. The quantitative estimate of drug-likeness (QED) is 0.616. The van der Waals surface area contributed by atoms with Gasteiger partial charge >= 0.3 is 5.97 Å². The number of carbonyl (C=O) groups excluding carboxylic acids is 1. The van der Waals surface area contributed by atoms with Gasteiger partial charge in [0.1, 0.15) is 23.9 Å². The molecular formula is C21H19NO4. The highest BCUT2D eigenvalue weighted by atomic mass is 16.6. The van der Waals surface area contributed by atoms with Gasteiger partial charge in [-0.1, -0.05) is 36.4 Å². The van der Waals surface area contributed by atoms with Gasteiger partial charge < -0.3 is 19.1 Å². The molecule has 2 aromatic rings. The summed E-state index contributed by atoms with van der Waals surface area (Å²) >= 11 is 0. The molecule has 0 unspecified atom stereocenters. The van der Waals surface area contributed by atoms with E-state index in [0.29, 0.717) is 6.61 Å². The summed E-state index contributed by atoms with van der Waals surface area (Å²) in [5.74, 6) is 0.270. The number of esters is 1. The van der Waals surface area contributed by atoms with Gasteiger partial charge in [-0.3, -0.25) is 4.79 Å². The van der Waals surface area contributed by atoms with Crippen LogP contribution in [0.15, 0.2) is 54.6 Å². The lowest BCUT2D eigenvalue weighted by atomic mass is 9.67. The van der Waals surface area contributed by atoms with Crippen molar-refractivity contribution >= 4 is 11.7 Å². The zero-order valence-electron chi connectivity index (χ0n) is 14.4. The predicted molar refractivity (Wildman–Crippen MR) is 94.1 cm³/mol. The first-order valence-corrected chi connectivity index (χ1v) is 9.05. The SMILES string of the molecule is COC(=O)[C@@H]1[C@@H]2c3ccccc3OC[C@@]23C[C@H]2N(c4ccccc4)[C@@]12O3. The van der Waals surface area contributed by atoms with Crippen LogP contribution in [0.25, 0.3) is 0 Å². The highest BCUT2D eigenvalue weighted by molar-refractivity contribution is 5.82. The Morgan fingerprint density at radius 3 is 2.73 bits per heavy atom. The molecule has 5 heteroatoms. The standard InChI is InChI=1S/C21H19NO4/c1-24-19(23)18-17-14-9-5-6-10-15(14)25-12-20(17)11-16-21(18,26-20)22(16)13-7-3-2-4-8-13/h2-10,16-18H,11-12H2,1H3/t16-,17+,18+,20+,21+,22?/m1/s1. The van der Waals surface area contributed by atoms with E-state index in [0.717, 1.165) is 23.4 Å². The van der Waals surface area contributed by atoms with Crippen molar-refractivity contribution < 1.29 is 19.0 Å². The Kier molecular flexibility index (Phi) is 2.58. The fourth-order valence-electron chi connectivity index (χ4n) is 5.66. The fraction of sp³-hybridized carbons (Fsp3) is 0.381. The monoisotopic (exact) mass is 349 g/mol. The van der Waals surface area contributed by atoms with E-state index < -0.39 is 11.3 Å². The van der Waals surface area contributed by atoms with Crippen LogP contribution < -0.4 is 9.64 Å². The van der Waals surface area contributed by atoms with Crippen molar-refractivity contribution in [3.05, 3.63) is 60.2 Å². The molecule has 2 aromatic carbocycles. The van der Waals surface area contributed by atoms with Crippen LogP contribution in [0.4, 0.5) is 5.69 Å². The van der Waals surface area contributed by atoms with Crippen molar-refractivity contribution in [1.29, 1.82) is 0 Å². The smallest absolute Gasteiger partial charge is 0.314 e. The van der Waals surface area contributed by atoms with Gasteiger partial charge in [-0.2, -0.15) is 0 Å². The van der Waals surface area contributed by atoms with Crippen LogP contribution in [0.2, 0.25) is 0 Å². The summed E-state index contributed by atoms with van der Waals surface area (Å²) < 4.78 is 18.0. The van der Waals surface area contributed by atoms with Gasteiger partial charge in [0, 0.05) is 23.6 Å². The largest absolute Gasteiger partial charge is 0.490 e. The van der Waals surface area contributed by atoms with Crippen molar-refractivity contribution in [2.75, 3.05) is 18.6 Å². The van der Waals surface area contributed by atoms with Crippen LogP contribution in [0.3, 0.4) is 0 Å². The lowest BCUT2D eigenvalue weighted by Crippen LogP contribution is -2.47. The molecule has 26 heavy (non-hydrogen) atoms. The van der Waals surface area contributed by atoms with E-state index >= 15 is 0 Å². The second-order valence-electron chi connectivity index (χ2n) is 7.65. The van der Waals surface area contributed by atoms with Gasteiger partial charge in [0.15, 0.2) is 5.72 Å². The van der Waals surface area contributed by atoms with Crippen molar-refractivity contribution in [2.45, 2.75) is 29.7 Å². The Balaban J connectivity index is 1.51. The van der Waals surface area contributed by atoms with Gasteiger partial charge in [0.05, 0.1) is 13.2 Å². The van der Waals surface area contributed by atoms with Gasteiger partial charge in [0.25, 0.3) is 0 Å². The zero-order valence-corrected chi connectivity index (χ0v) is 14.4. The highest BCUT2D eigenvalue weighted by Gasteiger charge is 2.87. The van der Waals surface area contributed by atoms with Gasteiger partial charge in [-0.15, -0.1) is 0 Å². The third-order valence-electron chi connectivity index (χ3n) is 6.56. The van der Waals surface area contributed by atoms with Gasteiger partial charge in [-0.25, -0.2) is 0 Å². The number of para-hydroxylation sites is 2. The molecule has 4 heterocycles. The topological polar surface area (TPSA) is 47.8 Å². The molecule has 2 bridgehead atoms. The molecule has 6 rings (SSSR count).